The fraction of sp³-hybridized carbons (Fsp3) is 0.300. The van der Waals surface area contributed by atoms with Gasteiger partial charge in [-0.15, -0.1) is 0 Å². The topological polar surface area (TPSA) is 49.3 Å². The third-order valence-corrected chi connectivity index (χ3v) is 2.03. The molecule has 0 radical (unpaired) electrons. The van der Waals surface area contributed by atoms with Gasteiger partial charge in [-0.25, -0.2) is 0 Å². The normalized spacial score (nSPS) is 9.86. The summed E-state index contributed by atoms with van der Waals surface area (Å²) in [5.74, 6) is -0.0878. The van der Waals surface area contributed by atoms with Gasteiger partial charge < -0.3 is 10.4 Å². The molecule has 1 rings (SSSR count). The predicted molar refractivity (Wildman–Crippen MR) is 56.7 cm³/mol. The third kappa shape index (κ3) is 2.92. The van der Waals surface area contributed by atoms with Gasteiger partial charge in [-0.2, -0.15) is 0 Å². The van der Waals surface area contributed by atoms with E-state index in [1.165, 1.54) is 6.07 Å². The van der Waals surface area contributed by atoms with E-state index in [0.717, 1.165) is 6.42 Å². The molecule has 0 unspecified atom stereocenters. The lowest BCUT2D eigenvalue weighted by molar-refractivity contribution is -0.116. The van der Waals surface area contributed by atoms with Crippen molar-refractivity contribution in [2.24, 2.45) is 0 Å². The number of carbonyl (C=O) groups excluding carboxylic acids is 1. The SMILES string of the molecule is CCCC(=O)Nc1ccc(Cl)c(O)c1. The van der Waals surface area contributed by atoms with E-state index in [1.807, 2.05) is 6.92 Å². The molecule has 0 atom stereocenters. The molecule has 1 aromatic carbocycles. The molecule has 0 aliphatic carbocycles. The number of nitrogens with one attached hydrogen (secondary N) is 1. The summed E-state index contributed by atoms with van der Waals surface area (Å²) in [5.41, 5.74) is 0.561. The summed E-state index contributed by atoms with van der Waals surface area (Å²) < 4.78 is 0. The van der Waals surface area contributed by atoms with Crippen molar-refractivity contribution in [2.75, 3.05) is 5.32 Å². The molecule has 0 aromatic heterocycles. The molecule has 3 nitrogen and oxygen atoms in total. The first-order valence-corrected chi connectivity index (χ1v) is 4.79. The summed E-state index contributed by atoms with van der Waals surface area (Å²) in [5, 5.41) is 12.2. The Bertz CT molecular complexity index is 339. The Morgan fingerprint density at radius 2 is 2.29 bits per heavy atom. The first kappa shape index (κ1) is 10.9. The second-order valence-corrected chi connectivity index (χ2v) is 3.37. The second kappa shape index (κ2) is 4.86. The van der Waals surface area contributed by atoms with Crippen molar-refractivity contribution in [1.82, 2.24) is 0 Å². The summed E-state index contributed by atoms with van der Waals surface area (Å²) in [6.45, 7) is 1.93. The van der Waals surface area contributed by atoms with Crippen LogP contribution in [0.5, 0.6) is 5.75 Å². The van der Waals surface area contributed by atoms with Crippen molar-refractivity contribution in [3.05, 3.63) is 23.2 Å². The van der Waals surface area contributed by atoms with E-state index in [1.54, 1.807) is 12.1 Å². The highest BCUT2D eigenvalue weighted by Gasteiger charge is 2.03. The molecule has 1 aromatic rings. The maximum atomic E-state index is 11.2. The number of halogens is 1. The number of carbonyl (C=O) groups is 1. The molecule has 0 saturated heterocycles. The number of aromatic hydroxyl groups is 1. The van der Waals surface area contributed by atoms with Gasteiger partial charge in [0.2, 0.25) is 5.91 Å². The highest BCUT2D eigenvalue weighted by atomic mass is 35.5. The molecule has 0 bridgehead atoms. The molecule has 0 aliphatic heterocycles. The average molecular weight is 214 g/mol. The van der Waals surface area contributed by atoms with E-state index in [2.05, 4.69) is 5.32 Å². The molecule has 2 N–H and O–H groups in total. The van der Waals surface area contributed by atoms with Gasteiger partial charge in [0.15, 0.2) is 0 Å². The number of anilines is 1. The lowest BCUT2D eigenvalue weighted by Gasteiger charge is -2.05. The molecule has 0 fully saturated rings. The predicted octanol–water partition coefficient (Wildman–Crippen LogP) is 2.78. The van der Waals surface area contributed by atoms with Crippen LogP contribution in [-0.4, -0.2) is 11.0 Å². The Kier molecular flexibility index (Phi) is 3.77. The van der Waals surface area contributed by atoms with Crippen molar-refractivity contribution >= 4 is 23.2 Å². The van der Waals surface area contributed by atoms with Crippen LogP contribution < -0.4 is 5.32 Å². The van der Waals surface area contributed by atoms with E-state index in [0.29, 0.717) is 12.1 Å². The van der Waals surface area contributed by atoms with E-state index >= 15 is 0 Å². The maximum absolute atomic E-state index is 11.2. The molecular weight excluding hydrogens is 202 g/mol. The summed E-state index contributed by atoms with van der Waals surface area (Å²) in [7, 11) is 0. The zero-order valence-electron chi connectivity index (χ0n) is 7.88. The highest BCUT2D eigenvalue weighted by molar-refractivity contribution is 6.32. The van der Waals surface area contributed by atoms with Crippen LogP contribution in [0.25, 0.3) is 0 Å². The Morgan fingerprint density at radius 3 is 2.86 bits per heavy atom. The third-order valence-electron chi connectivity index (χ3n) is 1.71. The van der Waals surface area contributed by atoms with Gasteiger partial charge in [-0.1, -0.05) is 18.5 Å². The zero-order valence-corrected chi connectivity index (χ0v) is 8.64. The van der Waals surface area contributed by atoms with Crippen LogP contribution in [0, 0.1) is 0 Å². The van der Waals surface area contributed by atoms with E-state index in [4.69, 9.17) is 11.6 Å². The van der Waals surface area contributed by atoms with Crippen molar-refractivity contribution in [1.29, 1.82) is 0 Å². The van der Waals surface area contributed by atoms with E-state index < -0.39 is 0 Å². The number of benzene rings is 1. The first-order chi connectivity index (χ1) is 6.63. The van der Waals surface area contributed by atoms with Gasteiger partial charge in [-0.05, 0) is 18.6 Å². The summed E-state index contributed by atoms with van der Waals surface area (Å²) in [6, 6.07) is 4.62. The minimum atomic E-state index is -0.0609. The van der Waals surface area contributed by atoms with Crippen LogP contribution in [0.4, 0.5) is 5.69 Å². The lowest BCUT2D eigenvalue weighted by atomic mass is 10.2. The molecule has 0 saturated carbocycles. The summed E-state index contributed by atoms with van der Waals surface area (Å²) in [6.07, 6.45) is 1.27. The maximum Gasteiger partial charge on any atom is 0.224 e. The highest BCUT2D eigenvalue weighted by Crippen LogP contribution is 2.26. The summed E-state index contributed by atoms with van der Waals surface area (Å²) >= 11 is 5.62. The Morgan fingerprint density at radius 1 is 1.57 bits per heavy atom. The van der Waals surface area contributed by atoms with Gasteiger partial charge in [0.25, 0.3) is 0 Å². The summed E-state index contributed by atoms with van der Waals surface area (Å²) in [4.78, 5) is 11.2. The zero-order chi connectivity index (χ0) is 10.6. The minimum Gasteiger partial charge on any atom is -0.506 e. The quantitative estimate of drug-likeness (QED) is 0.811. The van der Waals surface area contributed by atoms with Gasteiger partial charge in [-0.3, -0.25) is 4.79 Å². The van der Waals surface area contributed by atoms with Gasteiger partial charge in [0.05, 0.1) is 5.02 Å². The molecule has 0 heterocycles. The van der Waals surface area contributed by atoms with Crippen molar-refractivity contribution in [3.63, 3.8) is 0 Å². The number of amides is 1. The van der Waals surface area contributed by atoms with Crippen molar-refractivity contribution < 1.29 is 9.90 Å². The van der Waals surface area contributed by atoms with Gasteiger partial charge in [0, 0.05) is 18.2 Å². The average Bonchev–Trinajstić information content (AvgIpc) is 2.12. The smallest absolute Gasteiger partial charge is 0.224 e. The van der Waals surface area contributed by atoms with E-state index in [-0.39, 0.29) is 16.7 Å². The minimum absolute atomic E-state index is 0.0269. The molecule has 4 heteroatoms. The van der Waals surface area contributed by atoms with Crippen molar-refractivity contribution in [3.8, 4) is 5.75 Å². The van der Waals surface area contributed by atoms with Crippen LogP contribution in [0.3, 0.4) is 0 Å². The van der Waals surface area contributed by atoms with Crippen LogP contribution in [0.1, 0.15) is 19.8 Å². The van der Waals surface area contributed by atoms with Gasteiger partial charge >= 0.3 is 0 Å². The monoisotopic (exact) mass is 213 g/mol. The molecular formula is C10H12ClNO2. The largest absolute Gasteiger partial charge is 0.506 e. The number of phenols is 1. The fourth-order valence-electron chi connectivity index (χ4n) is 1.04. The van der Waals surface area contributed by atoms with Crippen molar-refractivity contribution in [2.45, 2.75) is 19.8 Å². The number of phenolic OH excluding ortho intramolecular Hbond substituents is 1. The first-order valence-electron chi connectivity index (χ1n) is 4.42. The van der Waals surface area contributed by atoms with E-state index in [9.17, 15) is 9.90 Å². The Hall–Kier alpha value is -1.22. The Labute approximate surface area is 87.7 Å². The van der Waals surface area contributed by atoms with Crippen LogP contribution in [0.15, 0.2) is 18.2 Å². The molecule has 14 heavy (non-hydrogen) atoms. The number of hydrogen-bond donors (Lipinski definition) is 2. The molecule has 0 aliphatic rings. The standard InChI is InChI=1S/C10H12ClNO2/c1-2-3-10(14)12-7-4-5-8(11)9(13)6-7/h4-6,13H,2-3H2,1H3,(H,12,14). The molecule has 1 amide bonds. The molecule has 76 valence electrons. The Balaban J connectivity index is 2.68. The lowest BCUT2D eigenvalue weighted by Crippen LogP contribution is -2.10. The van der Waals surface area contributed by atoms with Gasteiger partial charge in [0.1, 0.15) is 5.75 Å². The van der Waals surface area contributed by atoms with Crippen LogP contribution in [-0.2, 0) is 4.79 Å². The fourth-order valence-corrected chi connectivity index (χ4v) is 1.16. The van der Waals surface area contributed by atoms with Crippen LogP contribution in [0.2, 0.25) is 5.02 Å². The van der Waals surface area contributed by atoms with Crippen LogP contribution >= 0.6 is 11.6 Å². The number of hydrogen-bond acceptors (Lipinski definition) is 2. The number of rotatable bonds is 3. The second-order valence-electron chi connectivity index (χ2n) is 2.96. The molecule has 0 spiro atoms.